The van der Waals surface area contributed by atoms with Crippen LogP contribution in [0.15, 0.2) is 173 Å². The van der Waals surface area contributed by atoms with Crippen LogP contribution in [0, 0.1) is 0 Å². The van der Waals surface area contributed by atoms with Gasteiger partial charge in [0.25, 0.3) is 0 Å². The van der Waals surface area contributed by atoms with Crippen molar-refractivity contribution in [2.24, 2.45) is 0 Å². The van der Waals surface area contributed by atoms with Crippen molar-refractivity contribution in [3.8, 4) is 56.2 Å². The van der Waals surface area contributed by atoms with Gasteiger partial charge < -0.3 is 8.83 Å². The van der Waals surface area contributed by atoms with Crippen LogP contribution in [0.5, 0.6) is 0 Å². The lowest BCUT2D eigenvalue weighted by molar-refractivity contribution is 0.668. The molecular weight excluding hydrogens is 615 g/mol. The first-order valence-corrected chi connectivity index (χ1v) is 16.6. The molecule has 0 aliphatic rings. The van der Waals surface area contributed by atoms with E-state index >= 15 is 0 Å². The van der Waals surface area contributed by atoms with E-state index in [9.17, 15) is 0 Å². The van der Waals surface area contributed by atoms with Gasteiger partial charge in [-0.1, -0.05) is 97.1 Å². The number of hydrogen-bond acceptors (Lipinski definition) is 5. The Balaban J connectivity index is 1.11. The maximum absolute atomic E-state index is 6.18. The number of hydrogen-bond donors (Lipinski definition) is 0. The number of nitrogens with zero attached hydrogens (tertiary/aromatic N) is 3. The molecule has 0 spiro atoms. The van der Waals surface area contributed by atoms with Crippen molar-refractivity contribution in [3.63, 3.8) is 0 Å². The number of pyridine rings is 1. The first-order valence-electron chi connectivity index (χ1n) is 16.6. The number of rotatable bonds is 5. The predicted octanol–water partition coefficient (Wildman–Crippen LogP) is 12.0. The maximum atomic E-state index is 6.18. The molecule has 10 aromatic rings. The largest absolute Gasteiger partial charge is 0.456 e. The van der Waals surface area contributed by atoms with Gasteiger partial charge in [0.15, 0.2) is 5.82 Å². The van der Waals surface area contributed by atoms with E-state index in [-0.39, 0.29) is 0 Å². The second kappa shape index (κ2) is 11.4. The smallest absolute Gasteiger partial charge is 0.161 e. The quantitative estimate of drug-likeness (QED) is 0.187. The summed E-state index contributed by atoms with van der Waals surface area (Å²) in [5, 5.41) is 4.39. The fourth-order valence-electron chi connectivity index (χ4n) is 6.94. The number of para-hydroxylation sites is 2. The van der Waals surface area contributed by atoms with Crippen LogP contribution < -0.4 is 0 Å². The molecule has 5 heteroatoms. The Hall–Kier alpha value is -6.85. The summed E-state index contributed by atoms with van der Waals surface area (Å²) < 4.78 is 12.3. The molecule has 6 aromatic carbocycles. The second-order valence-corrected chi connectivity index (χ2v) is 12.4. The molecule has 0 radical (unpaired) electrons. The molecule has 4 aromatic heterocycles. The number of furan rings is 2. The Morgan fingerprint density at radius 3 is 1.74 bits per heavy atom. The molecule has 0 bridgehead atoms. The first kappa shape index (κ1) is 28.2. The molecule has 0 fully saturated rings. The Kier molecular flexibility index (Phi) is 6.42. The lowest BCUT2D eigenvalue weighted by Crippen LogP contribution is -1.97. The average Bonchev–Trinajstić information content (AvgIpc) is 3.76. The molecule has 0 unspecified atom stereocenters. The SMILES string of the molecule is c1cncc(-c2ccccc2-c2nc(-c3ccc(-c4ccc5c(c4)oc4ccccc45)cc3)cc(-c3ccc4oc5ccccc5c4c3)n2)c1. The van der Waals surface area contributed by atoms with Crippen molar-refractivity contribution in [3.05, 3.63) is 164 Å². The summed E-state index contributed by atoms with van der Waals surface area (Å²) in [6.45, 7) is 0. The van der Waals surface area contributed by atoms with Crippen molar-refractivity contribution >= 4 is 43.9 Å². The van der Waals surface area contributed by atoms with Crippen LogP contribution in [-0.4, -0.2) is 15.0 Å². The number of fused-ring (bicyclic) bond motifs is 6. The van der Waals surface area contributed by atoms with Crippen LogP contribution in [0.2, 0.25) is 0 Å². The van der Waals surface area contributed by atoms with Crippen molar-refractivity contribution in [2.75, 3.05) is 0 Å². The maximum Gasteiger partial charge on any atom is 0.161 e. The Morgan fingerprint density at radius 1 is 0.360 bits per heavy atom. The Bertz CT molecular complexity index is 2870. The molecule has 0 aliphatic heterocycles. The van der Waals surface area contributed by atoms with Gasteiger partial charge in [-0.15, -0.1) is 0 Å². The third-order valence-corrected chi connectivity index (χ3v) is 9.43. The fourth-order valence-corrected chi connectivity index (χ4v) is 6.94. The summed E-state index contributed by atoms with van der Waals surface area (Å²) in [5.41, 5.74) is 12.3. The standard InChI is InChI=1S/C45H27N3O2/c1-2-12-37(33(9-1)32-8-7-23-46-27-32)45-47-39(26-40(48-45)31-20-22-43-38(24-31)35-11-4-6-14-42(35)49-43)29-17-15-28(16-18-29)30-19-21-36-34-10-3-5-13-41(34)50-44(36)25-30/h1-27H. The predicted molar refractivity (Wildman–Crippen MR) is 202 cm³/mol. The zero-order valence-corrected chi connectivity index (χ0v) is 26.7. The zero-order valence-electron chi connectivity index (χ0n) is 26.7. The van der Waals surface area contributed by atoms with Crippen LogP contribution in [0.25, 0.3) is 100 Å². The van der Waals surface area contributed by atoms with Gasteiger partial charge in [-0.05, 0) is 71.3 Å². The monoisotopic (exact) mass is 641 g/mol. The van der Waals surface area contributed by atoms with Crippen LogP contribution in [0.1, 0.15) is 0 Å². The van der Waals surface area contributed by atoms with E-state index in [1.807, 2.05) is 66.9 Å². The van der Waals surface area contributed by atoms with E-state index in [4.69, 9.17) is 18.8 Å². The van der Waals surface area contributed by atoms with Crippen molar-refractivity contribution < 1.29 is 8.83 Å². The lowest BCUT2D eigenvalue weighted by atomic mass is 9.98. The highest BCUT2D eigenvalue weighted by molar-refractivity contribution is 6.07. The van der Waals surface area contributed by atoms with Gasteiger partial charge in [-0.25, -0.2) is 9.97 Å². The summed E-state index contributed by atoms with van der Waals surface area (Å²) in [7, 11) is 0. The van der Waals surface area contributed by atoms with Gasteiger partial charge in [-0.3, -0.25) is 4.98 Å². The van der Waals surface area contributed by atoms with Crippen LogP contribution in [0.3, 0.4) is 0 Å². The van der Waals surface area contributed by atoms with E-state index in [0.717, 1.165) is 94.2 Å². The average molecular weight is 642 g/mol. The number of aromatic nitrogens is 3. The van der Waals surface area contributed by atoms with E-state index < -0.39 is 0 Å². The highest BCUT2D eigenvalue weighted by Gasteiger charge is 2.16. The third kappa shape index (κ3) is 4.75. The van der Waals surface area contributed by atoms with Gasteiger partial charge in [0.1, 0.15) is 22.3 Å². The topological polar surface area (TPSA) is 65.0 Å². The van der Waals surface area contributed by atoms with Gasteiger partial charge >= 0.3 is 0 Å². The molecule has 0 N–H and O–H groups in total. The molecule has 50 heavy (non-hydrogen) atoms. The Morgan fingerprint density at radius 2 is 0.960 bits per heavy atom. The third-order valence-electron chi connectivity index (χ3n) is 9.43. The van der Waals surface area contributed by atoms with E-state index in [0.29, 0.717) is 5.82 Å². The summed E-state index contributed by atoms with van der Waals surface area (Å²) >= 11 is 0. The summed E-state index contributed by atoms with van der Waals surface area (Å²) in [5.74, 6) is 0.647. The van der Waals surface area contributed by atoms with Crippen LogP contribution in [-0.2, 0) is 0 Å². The minimum atomic E-state index is 0.647. The fraction of sp³-hybridized carbons (Fsp3) is 0. The molecule has 0 saturated heterocycles. The molecular formula is C45H27N3O2. The van der Waals surface area contributed by atoms with Crippen LogP contribution >= 0.6 is 0 Å². The van der Waals surface area contributed by atoms with Crippen molar-refractivity contribution in [2.45, 2.75) is 0 Å². The molecule has 0 saturated carbocycles. The zero-order chi connectivity index (χ0) is 33.0. The van der Waals surface area contributed by atoms with Crippen molar-refractivity contribution in [1.82, 2.24) is 15.0 Å². The first-order chi connectivity index (χ1) is 24.7. The molecule has 0 aliphatic carbocycles. The van der Waals surface area contributed by atoms with Crippen molar-refractivity contribution in [1.29, 1.82) is 0 Å². The second-order valence-electron chi connectivity index (χ2n) is 12.4. The molecule has 5 nitrogen and oxygen atoms in total. The summed E-state index contributed by atoms with van der Waals surface area (Å²) in [6.07, 6.45) is 3.67. The normalized spacial score (nSPS) is 11.6. The molecule has 234 valence electrons. The summed E-state index contributed by atoms with van der Waals surface area (Å²) in [6, 6.07) is 51.9. The number of benzene rings is 6. The molecule has 0 atom stereocenters. The van der Waals surface area contributed by atoms with E-state index in [2.05, 4.69) is 96.0 Å². The minimum absolute atomic E-state index is 0.647. The van der Waals surface area contributed by atoms with Gasteiger partial charge in [0.2, 0.25) is 0 Å². The minimum Gasteiger partial charge on any atom is -0.456 e. The van der Waals surface area contributed by atoms with Gasteiger partial charge in [0, 0.05) is 56.2 Å². The molecule has 10 rings (SSSR count). The van der Waals surface area contributed by atoms with E-state index in [1.165, 1.54) is 0 Å². The summed E-state index contributed by atoms with van der Waals surface area (Å²) in [4.78, 5) is 14.8. The highest BCUT2D eigenvalue weighted by Crippen LogP contribution is 2.37. The molecule has 4 heterocycles. The lowest BCUT2D eigenvalue weighted by Gasteiger charge is -2.13. The molecule has 0 amide bonds. The Labute approximate surface area is 287 Å². The van der Waals surface area contributed by atoms with E-state index in [1.54, 1.807) is 6.20 Å². The van der Waals surface area contributed by atoms with Crippen LogP contribution in [0.4, 0.5) is 0 Å². The van der Waals surface area contributed by atoms with Gasteiger partial charge in [-0.2, -0.15) is 0 Å². The van der Waals surface area contributed by atoms with Gasteiger partial charge in [0.05, 0.1) is 11.4 Å². The highest BCUT2D eigenvalue weighted by atomic mass is 16.3.